The number of hydrogen-bond donors (Lipinski definition) is 0. The van der Waals surface area contributed by atoms with E-state index in [0.29, 0.717) is 5.03 Å². The number of carbonyl (C=O) groups is 1. The van der Waals surface area contributed by atoms with E-state index in [0.717, 1.165) is 28.2 Å². The van der Waals surface area contributed by atoms with Crippen LogP contribution in [-0.4, -0.2) is 16.1 Å². The second kappa shape index (κ2) is 6.13. The molecule has 0 amide bonds. The summed E-state index contributed by atoms with van der Waals surface area (Å²) in [5.41, 5.74) is 2.85. The van der Waals surface area contributed by atoms with Crippen molar-refractivity contribution in [3.8, 4) is 0 Å². The maximum Gasteiger partial charge on any atom is 0.251 e. The molecule has 0 N–H and O–H groups in total. The first-order valence-corrected chi connectivity index (χ1v) is 7.54. The van der Waals surface area contributed by atoms with E-state index in [1.807, 2.05) is 19.9 Å². The number of pyridine rings is 1. The van der Waals surface area contributed by atoms with Crippen molar-refractivity contribution in [2.24, 2.45) is 0 Å². The predicted molar refractivity (Wildman–Crippen MR) is 80.0 cm³/mol. The smallest absolute Gasteiger partial charge is 0.251 e. The molecule has 20 heavy (non-hydrogen) atoms. The Balaban J connectivity index is 2.12. The van der Waals surface area contributed by atoms with Gasteiger partial charge in [0.1, 0.15) is 0 Å². The van der Waals surface area contributed by atoms with Crippen LogP contribution in [0.1, 0.15) is 28.7 Å². The van der Waals surface area contributed by atoms with E-state index in [1.54, 1.807) is 18.2 Å². The van der Waals surface area contributed by atoms with Crippen molar-refractivity contribution in [3.63, 3.8) is 0 Å². The van der Waals surface area contributed by atoms with Crippen LogP contribution in [0.25, 0.3) is 0 Å². The van der Waals surface area contributed by atoms with Crippen LogP contribution in [0, 0.1) is 19.1 Å². The van der Waals surface area contributed by atoms with E-state index >= 15 is 0 Å². The Hall–Kier alpha value is -1.75. The van der Waals surface area contributed by atoms with Crippen molar-refractivity contribution in [1.82, 2.24) is 4.57 Å². The van der Waals surface area contributed by atoms with Crippen molar-refractivity contribution < 1.29 is 9.52 Å². The van der Waals surface area contributed by atoms with Gasteiger partial charge in [-0.2, -0.15) is 4.73 Å². The number of carbonyl (C=O) groups excluding carboxylic acids is 1. The molecule has 0 saturated heterocycles. The molecular weight excluding hydrogens is 272 g/mol. The minimum atomic E-state index is 0.0617. The first kappa shape index (κ1) is 14.7. The molecule has 0 radical (unpaired) electrons. The Morgan fingerprint density at radius 2 is 2.15 bits per heavy atom. The number of rotatable bonds is 5. The molecule has 0 aliphatic carbocycles. The van der Waals surface area contributed by atoms with Crippen LogP contribution in [0.3, 0.4) is 0 Å². The molecule has 5 heteroatoms. The third-order valence-electron chi connectivity index (χ3n) is 3.33. The van der Waals surface area contributed by atoms with Crippen molar-refractivity contribution in [2.45, 2.75) is 32.3 Å². The largest absolute Gasteiger partial charge is 0.618 e. The SMILES string of the molecule is CCn1c(C)cc(C(=O)CSc2cccc[n+]2[O-])c1C. The van der Waals surface area contributed by atoms with E-state index in [1.165, 1.54) is 18.0 Å². The number of aromatic nitrogens is 2. The molecule has 0 bridgehead atoms. The Morgan fingerprint density at radius 3 is 2.75 bits per heavy atom. The molecule has 0 spiro atoms. The summed E-state index contributed by atoms with van der Waals surface area (Å²) >= 11 is 1.27. The molecule has 0 aromatic carbocycles. The number of ketones is 1. The highest BCUT2D eigenvalue weighted by Gasteiger charge is 2.16. The standard InChI is InChI=1S/C15H18N2O2S/c1-4-16-11(2)9-13(12(16)3)14(18)10-20-15-7-5-6-8-17(15)19/h5-9H,4,10H2,1-3H3. The van der Waals surface area contributed by atoms with Crippen LogP contribution < -0.4 is 4.73 Å². The van der Waals surface area contributed by atoms with E-state index in [-0.39, 0.29) is 11.5 Å². The van der Waals surface area contributed by atoms with Gasteiger partial charge in [0.25, 0.3) is 5.03 Å². The highest BCUT2D eigenvalue weighted by molar-refractivity contribution is 7.99. The number of nitrogens with zero attached hydrogens (tertiary/aromatic N) is 2. The van der Waals surface area contributed by atoms with Gasteiger partial charge in [0, 0.05) is 35.6 Å². The Bertz CT molecular complexity index is 635. The van der Waals surface area contributed by atoms with E-state index in [2.05, 4.69) is 11.5 Å². The Kier molecular flexibility index (Phi) is 4.49. The minimum Gasteiger partial charge on any atom is -0.618 e. The summed E-state index contributed by atoms with van der Waals surface area (Å²) in [4.78, 5) is 12.3. The predicted octanol–water partition coefficient (Wildman–Crippen LogP) is 2.73. The lowest BCUT2D eigenvalue weighted by atomic mass is 10.2. The topological polar surface area (TPSA) is 48.9 Å². The van der Waals surface area contributed by atoms with Gasteiger partial charge in [0.2, 0.25) is 0 Å². The molecule has 0 aliphatic heterocycles. The van der Waals surface area contributed by atoms with Gasteiger partial charge in [-0.25, -0.2) is 0 Å². The summed E-state index contributed by atoms with van der Waals surface area (Å²) in [5.74, 6) is 0.340. The third kappa shape index (κ3) is 2.88. The normalized spacial score (nSPS) is 10.8. The fourth-order valence-electron chi connectivity index (χ4n) is 2.31. The van der Waals surface area contributed by atoms with Crippen molar-refractivity contribution in [2.75, 3.05) is 5.75 Å². The molecule has 2 heterocycles. The summed E-state index contributed by atoms with van der Waals surface area (Å²) < 4.78 is 2.90. The summed E-state index contributed by atoms with van der Waals surface area (Å²) in [7, 11) is 0. The van der Waals surface area contributed by atoms with Crippen LogP contribution in [0.15, 0.2) is 35.5 Å². The molecule has 0 atom stereocenters. The van der Waals surface area contributed by atoms with Crippen LogP contribution in [0.4, 0.5) is 0 Å². The molecule has 4 nitrogen and oxygen atoms in total. The second-order valence-electron chi connectivity index (χ2n) is 4.61. The number of Topliss-reactive ketones (excluding diaryl/α,β-unsaturated/α-hetero) is 1. The van der Waals surface area contributed by atoms with Gasteiger partial charge in [-0.3, -0.25) is 4.79 Å². The first-order chi connectivity index (χ1) is 9.54. The number of hydrogen-bond acceptors (Lipinski definition) is 3. The van der Waals surface area contributed by atoms with Crippen molar-refractivity contribution in [1.29, 1.82) is 0 Å². The van der Waals surface area contributed by atoms with Gasteiger partial charge in [-0.1, -0.05) is 0 Å². The van der Waals surface area contributed by atoms with E-state index < -0.39 is 0 Å². The van der Waals surface area contributed by atoms with Crippen LogP contribution in [0.5, 0.6) is 0 Å². The fraction of sp³-hybridized carbons (Fsp3) is 0.333. The van der Waals surface area contributed by atoms with Gasteiger partial charge < -0.3 is 9.77 Å². The second-order valence-corrected chi connectivity index (χ2v) is 5.60. The highest BCUT2D eigenvalue weighted by atomic mass is 32.2. The lowest BCUT2D eigenvalue weighted by molar-refractivity contribution is -0.645. The molecule has 0 fully saturated rings. The zero-order valence-electron chi connectivity index (χ0n) is 11.9. The first-order valence-electron chi connectivity index (χ1n) is 6.55. The molecule has 2 aromatic heterocycles. The molecule has 2 rings (SSSR count). The lowest BCUT2D eigenvalue weighted by Crippen LogP contribution is -2.28. The van der Waals surface area contributed by atoms with Gasteiger partial charge in [0.05, 0.1) is 5.75 Å². The monoisotopic (exact) mass is 290 g/mol. The summed E-state index contributed by atoms with van der Waals surface area (Å²) in [5, 5.41) is 12.1. The highest BCUT2D eigenvalue weighted by Crippen LogP contribution is 2.20. The molecule has 106 valence electrons. The third-order valence-corrected chi connectivity index (χ3v) is 4.35. The van der Waals surface area contributed by atoms with E-state index in [4.69, 9.17) is 0 Å². The van der Waals surface area contributed by atoms with Gasteiger partial charge in [0.15, 0.2) is 12.0 Å². The maximum absolute atomic E-state index is 12.3. The fourth-order valence-corrected chi connectivity index (χ4v) is 3.11. The number of thioether (sulfide) groups is 1. The zero-order chi connectivity index (χ0) is 14.7. The van der Waals surface area contributed by atoms with Gasteiger partial charge in [-0.15, -0.1) is 0 Å². The van der Waals surface area contributed by atoms with E-state index in [9.17, 15) is 10.0 Å². The summed E-state index contributed by atoms with van der Waals surface area (Å²) in [6.07, 6.45) is 1.44. The lowest BCUT2D eigenvalue weighted by Gasteiger charge is -2.06. The minimum absolute atomic E-state index is 0.0617. The number of aryl methyl sites for hydroxylation is 1. The van der Waals surface area contributed by atoms with Crippen molar-refractivity contribution >= 4 is 17.5 Å². The van der Waals surface area contributed by atoms with Gasteiger partial charge >= 0.3 is 0 Å². The molecule has 0 unspecified atom stereocenters. The average Bonchev–Trinajstić information content (AvgIpc) is 2.72. The quantitative estimate of drug-likeness (QED) is 0.368. The van der Waals surface area contributed by atoms with Crippen molar-refractivity contribution in [3.05, 3.63) is 52.6 Å². The Morgan fingerprint density at radius 1 is 1.40 bits per heavy atom. The molecule has 0 saturated carbocycles. The summed E-state index contributed by atoms with van der Waals surface area (Å²) in [6, 6.07) is 7.12. The molecule has 0 aliphatic rings. The molecule has 2 aromatic rings. The maximum atomic E-state index is 12.3. The van der Waals surface area contributed by atoms with Crippen LogP contribution in [-0.2, 0) is 6.54 Å². The van der Waals surface area contributed by atoms with Crippen LogP contribution in [0.2, 0.25) is 0 Å². The summed E-state index contributed by atoms with van der Waals surface area (Å²) in [6.45, 7) is 6.89. The average molecular weight is 290 g/mol. The van der Waals surface area contributed by atoms with Gasteiger partial charge in [-0.05, 0) is 44.7 Å². The Labute approximate surface area is 123 Å². The zero-order valence-corrected chi connectivity index (χ0v) is 12.7. The molecular formula is C15H18N2O2S. The van der Waals surface area contributed by atoms with Crippen LogP contribution >= 0.6 is 11.8 Å².